The number of ether oxygens (including phenoxy) is 3. The highest BCUT2D eigenvalue weighted by Crippen LogP contribution is 2.39. The number of nitrogens with one attached hydrogen (secondary N) is 1. The molecule has 1 aromatic heterocycles. The first-order chi connectivity index (χ1) is 17.1. The number of esters is 1. The Hall–Kier alpha value is -3.09. The maximum absolute atomic E-state index is 13.2. The molecule has 0 amide bonds. The van der Waals surface area contributed by atoms with Crippen molar-refractivity contribution >= 4 is 17.7 Å². The number of anilines is 1. The SMILES string of the molecule is CC.CCCOC(=O)C1(c2ccc(OC)nc2)CN=C(Nc2c3c(cc4c2CCC4)CCCC3)O1. The largest absolute Gasteiger partial charge is 0.481 e. The van der Waals surface area contributed by atoms with Crippen LogP contribution < -0.4 is 10.1 Å². The molecule has 2 aromatic rings. The molecule has 0 bridgehead atoms. The number of fused-ring (bicyclic) bond motifs is 2. The van der Waals surface area contributed by atoms with Crippen molar-refractivity contribution in [3.8, 4) is 5.88 Å². The van der Waals surface area contributed by atoms with Gasteiger partial charge in [-0.2, -0.15) is 0 Å². The Bertz CT molecular complexity index is 1080. The average molecular weight is 480 g/mol. The molecule has 0 spiro atoms. The molecule has 1 unspecified atom stereocenters. The van der Waals surface area contributed by atoms with Gasteiger partial charge in [-0.05, 0) is 79.7 Å². The monoisotopic (exact) mass is 479 g/mol. The van der Waals surface area contributed by atoms with E-state index < -0.39 is 11.6 Å². The molecule has 1 atom stereocenters. The minimum atomic E-state index is -1.35. The number of methoxy groups -OCH3 is 1. The molecule has 188 valence electrons. The number of aliphatic imine (C=N–C) groups is 1. The zero-order valence-electron chi connectivity index (χ0n) is 21.4. The highest BCUT2D eigenvalue weighted by molar-refractivity contribution is 5.97. The Morgan fingerprint density at radius 2 is 1.80 bits per heavy atom. The van der Waals surface area contributed by atoms with Crippen LogP contribution in [0, 0.1) is 0 Å². The average Bonchev–Trinajstić information content (AvgIpc) is 3.56. The molecule has 2 heterocycles. The second kappa shape index (κ2) is 11.1. The Kier molecular flexibility index (Phi) is 7.93. The lowest BCUT2D eigenvalue weighted by molar-refractivity contribution is -0.162. The van der Waals surface area contributed by atoms with Crippen molar-refractivity contribution in [2.24, 2.45) is 4.99 Å². The van der Waals surface area contributed by atoms with Crippen molar-refractivity contribution < 1.29 is 19.0 Å². The number of nitrogens with zero attached hydrogens (tertiary/aromatic N) is 2. The van der Waals surface area contributed by atoms with Crippen LogP contribution in [-0.2, 0) is 45.6 Å². The molecule has 0 fully saturated rings. The lowest BCUT2D eigenvalue weighted by atomic mass is 9.87. The van der Waals surface area contributed by atoms with Gasteiger partial charge in [0.1, 0.15) is 0 Å². The van der Waals surface area contributed by atoms with E-state index in [1.807, 2.05) is 20.8 Å². The lowest BCUT2D eigenvalue weighted by Gasteiger charge is -2.27. The summed E-state index contributed by atoms with van der Waals surface area (Å²) < 4.78 is 17.0. The Balaban J connectivity index is 0.00000141. The maximum atomic E-state index is 13.2. The molecule has 7 heteroatoms. The molecule has 2 aliphatic carbocycles. The van der Waals surface area contributed by atoms with E-state index in [0.717, 1.165) is 37.8 Å². The van der Waals surface area contributed by atoms with Crippen molar-refractivity contribution in [3.63, 3.8) is 0 Å². The molecule has 35 heavy (non-hydrogen) atoms. The Morgan fingerprint density at radius 3 is 2.49 bits per heavy atom. The van der Waals surface area contributed by atoms with Crippen molar-refractivity contribution in [2.75, 3.05) is 25.6 Å². The topological polar surface area (TPSA) is 82.0 Å². The number of aryl methyl sites for hydroxylation is 2. The van der Waals surface area contributed by atoms with E-state index in [9.17, 15) is 4.79 Å². The van der Waals surface area contributed by atoms with E-state index in [2.05, 4.69) is 21.4 Å². The number of benzene rings is 1. The van der Waals surface area contributed by atoms with Crippen LogP contribution >= 0.6 is 0 Å². The van der Waals surface area contributed by atoms with E-state index >= 15 is 0 Å². The van der Waals surface area contributed by atoms with Gasteiger partial charge >= 0.3 is 5.97 Å². The van der Waals surface area contributed by atoms with E-state index in [-0.39, 0.29) is 6.54 Å². The van der Waals surface area contributed by atoms with Gasteiger partial charge < -0.3 is 19.5 Å². The van der Waals surface area contributed by atoms with Gasteiger partial charge in [-0.15, -0.1) is 0 Å². The van der Waals surface area contributed by atoms with E-state index in [1.54, 1.807) is 25.4 Å². The predicted molar refractivity (Wildman–Crippen MR) is 137 cm³/mol. The number of carbonyl (C=O) groups excluding carboxylic acids is 1. The quantitative estimate of drug-likeness (QED) is 0.579. The van der Waals surface area contributed by atoms with Gasteiger partial charge in [-0.25, -0.2) is 14.8 Å². The van der Waals surface area contributed by atoms with Gasteiger partial charge in [0.05, 0.1) is 20.3 Å². The zero-order valence-corrected chi connectivity index (χ0v) is 21.4. The summed E-state index contributed by atoms with van der Waals surface area (Å²) in [4.78, 5) is 22.1. The van der Waals surface area contributed by atoms with Crippen LogP contribution in [0.5, 0.6) is 5.88 Å². The summed E-state index contributed by atoms with van der Waals surface area (Å²) in [5.41, 5.74) is 6.02. The summed E-state index contributed by atoms with van der Waals surface area (Å²) in [6.07, 6.45) is 10.3. The minimum absolute atomic E-state index is 0.142. The summed E-state index contributed by atoms with van der Waals surface area (Å²) in [7, 11) is 1.56. The molecule has 5 rings (SSSR count). The maximum Gasteiger partial charge on any atom is 0.357 e. The number of carbonyl (C=O) groups is 1. The molecular weight excluding hydrogens is 442 g/mol. The number of hydrogen-bond donors (Lipinski definition) is 1. The number of pyridine rings is 1. The third-order valence-corrected chi connectivity index (χ3v) is 6.85. The van der Waals surface area contributed by atoms with Crippen LogP contribution in [0.3, 0.4) is 0 Å². The van der Waals surface area contributed by atoms with E-state index in [0.29, 0.717) is 24.1 Å². The normalized spacial score (nSPS) is 19.9. The molecular formula is C28H37N3O4. The van der Waals surface area contributed by atoms with Gasteiger partial charge in [-0.3, -0.25) is 0 Å². The number of hydrogen-bond acceptors (Lipinski definition) is 7. The summed E-state index contributed by atoms with van der Waals surface area (Å²) in [5.74, 6) is 0.0248. The van der Waals surface area contributed by atoms with Gasteiger partial charge in [0.25, 0.3) is 11.6 Å². The van der Waals surface area contributed by atoms with Crippen molar-refractivity contribution in [1.29, 1.82) is 0 Å². The van der Waals surface area contributed by atoms with Crippen molar-refractivity contribution in [2.45, 2.75) is 77.7 Å². The van der Waals surface area contributed by atoms with Gasteiger partial charge in [0, 0.05) is 23.5 Å². The van der Waals surface area contributed by atoms with Crippen molar-refractivity contribution in [3.05, 3.63) is 52.2 Å². The number of rotatable bonds is 6. The molecule has 7 nitrogen and oxygen atoms in total. The summed E-state index contributed by atoms with van der Waals surface area (Å²) in [6.45, 7) is 6.44. The highest BCUT2D eigenvalue weighted by Gasteiger charge is 2.49. The molecule has 0 saturated carbocycles. The van der Waals surface area contributed by atoms with Crippen LogP contribution in [0.2, 0.25) is 0 Å². The third kappa shape index (κ3) is 4.86. The van der Waals surface area contributed by atoms with Crippen LogP contribution in [-0.4, -0.2) is 37.2 Å². The number of amidine groups is 1. The first-order valence-electron chi connectivity index (χ1n) is 13.0. The fraction of sp³-hybridized carbons (Fsp3) is 0.536. The Morgan fingerprint density at radius 1 is 1.09 bits per heavy atom. The summed E-state index contributed by atoms with van der Waals surface area (Å²) in [5, 5.41) is 3.50. The second-order valence-electron chi connectivity index (χ2n) is 8.99. The van der Waals surface area contributed by atoms with Crippen molar-refractivity contribution in [1.82, 2.24) is 4.98 Å². The summed E-state index contributed by atoms with van der Waals surface area (Å²) in [6, 6.07) is 6.29. The smallest absolute Gasteiger partial charge is 0.357 e. The molecule has 0 radical (unpaired) electrons. The van der Waals surface area contributed by atoms with E-state index in [1.165, 1.54) is 41.5 Å². The zero-order chi connectivity index (χ0) is 24.8. The number of aromatic nitrogens is 1. The van der Waals surface area contributed by atoms with Crippen LogP contribution in [0.1, 0.15) is 74.3 Å². The first kappa shape index (κ1) is 25.0. The molecule has 1 N–H and O–H groups in total. The predicted octanol–water partition coefficient (Wildman–Crippen LogP) is 5.13. The van der Waals surface area contributed by atoms with Gasteiger partial charge in [0.2, 0.25) is 5.88 Å². The van der Waals surface area contributed by atoms with E-state index in [4.69, 9.17) is 14.2 Å². The molecule has 0 saturated heterocycles. The lowest BCUT2D eigenvalue weighted by Crippen LogP contribution is -2.42. The van der Waals surface area contributed by atoms with Gasteiger partial charge in [-0.1, -0.05) is 26.8 Å². The third-order valence-electron chi connectivity index (χ3n) is 6.85. The minimum Gasteiger partial charge on any atom is -0.481 e. The standard InChI is InChI=1S/C26H31N3O4.C2H6/c1-3-13-32-24(30)26(19-11-12-22(31-2)27-15-19)16-28-25(33-26)29-23-20-9-5-4-7-17(20)14-18-8-6-10-21(18)23;1-2/h11-12,14-15H,3-10,13,16H2,1-2H3,(H,28,29);1-2H3. The highest BCUT2D eigenvalue weighted by atomic mass is 16.6. The molecule has 3 aliphatic rings. The fourth-order valence-electron chi connectivity index (χ4n) is 5.14. The first-order valence-corrected chi connectivity index (χ1v) is 13.0. The summed E-state index contributed by atoms with van der Waals surface area (Å²) >= 11 is 0. The van der Waals surface area contributed by atoms with Gasteiger partial charge in [0.15, 0.2) is 0 Å². The fourth-order valence-corrected chi connectivity index (χ4v) is 5.14. The molecule has 1 aliphatic heterocycles. The second-order valence-corrected chi connectivity index (χ2v) is 8.99. The molecule has 1 aromatic carbocycles. The van der Waals surface area contributed by atoms with Crippen LogP contribution in [0.25, 0.3) is 0 Å². The Labute approximate surface area is 208 Å². The van der Waals surface area contributed by atoms with Crippen LogP contribution in [0.4, 0.5) is 5.69 Å². The van der Waals surface area contributed by atoms with Crippen LogP contribution in [0.15, 0.2) is 29.4 Å².